The molecule has 0 unspecified atom stereocenters. The quantitative estimate of drug-likeness (QED) is 0.723. The van der Waals surface area contributed by atoms with E-state index < -0.39 is 0 Å². The molecule has 0 bridgehead atoms. The van der Waals surface area contributed by atoms with Crippen molar-refractivity contribution in [2.45, 2.75) is 38.3 Å². The maximum Gasteiger partial charge on any atom is 0.237 e. The molecule has 9 nitrogen and oxygen atoms in total. The predicted octanol–water partition coefficient (Wildman–Crippen LogP) is 0.389. The van der Waals surface area contributed by atoms with Gasteiger partial charge in [0.15, 0.2) is 0 Å². The second-order valence-electron chi connectivity index (χ2n) is 6.60. The Morgan fingerprint density at radius 2 is 2.26 bits per heavy atom. The SMILES string of the molecule is CCNC(=O)[C@@H]1C[C@@H](NC(=O)CCc2nc(-c3cccnc3)no2)CN1C. The molecule has 1 fully saturated rings. The monoisotopic (exact) mass is 372 g/mol. The maximum atomic E-state index is 12.2. The molecule has 2 aromatic heterocycles. The van der Waals surface area contributed by atoms with E-state index in [0.717, 1.165) is 5.56 Å². The molecule has 3 rings (SSSR count). The minimum absolute atomic E-state index is 0.00513. The van der Waals surface area contributed by atoms with Crippen LogP contribution in [0.2, 0.25) is 0 Å². The van der Waals surface area contributed by atoms with Crippen molar-refractivity contribution < 1.29 is 14.1 Å². The van der Waals surface area contributed by atoms with Gasteiger partial charge in [0, 0.05) is 49.9 Å². The van der Waals surface area contributed by atoms with Crippen LogP contribution >= 0.6 is 0 Å². The molecule has 2 aromatic rings. The lowest BCUT2D eigenvalue weighted by Gasteiger charge is -2.17. The third kappa shape index (κ3) is 4.88. The second kappa shape index (κ2) is 8.72. The molecule has 2 N–H and O–H groups in total. The molecule has 1 aliphatic rings. The first-order valence-corrected chi connectivity index (χ1v) is 9.07. The molecular weight excluding hydrogens is 348 g/mol. The van der Waals surface area contributed by atoms with E-state index in [1.54, 1.807) is 18.5 Å². The molecule has 3 heterocycles. The topological polar surface area (TPSA) is 113 Å². The third-order valence-electron chi connectivity index (χ3n) is 4.52. The first kappa shape index (κ1) is 19.0. The van der Waals surface area contributed by atoms with Crippen LogP contribution in [-0.4, -0.2) is 64.1 Å². The Bertz CT molecular complexity index is 778. The second-order valence-corrected chi connectivity index (χ2v) is 6.60. The Morgan fingerprint density at radius 3 is 3.00 bits per heavy atom. The van der Waals surface area contributed by atoms with Crippen LogP contribution in [0.4, 0.5) is 0 Å². The Morgan fingerprint density at radius 1 is 1.41 bits per heavy atom. The van der Waals surface area contributed by atoms with Crippen LogP contribution in [0.25, 0.3) is 11.4 Å². The standard InChI is InChI=1S/C18H24N6O3/c1-3-20-18(26)14-9-13(11-24(14)2)21-15(25)6-7-16-22-17(23-27-16)12-5-4-8-19-10-12/h4-5,8,10,13-14H,3,6-7,9,11H2,1-2H3,(H,20,26)(H,21,25)/t13-,14+/m1/s1. The number of aryl methyl sites for hydroxylation is 1. The summed E-state index contributed by atoms with van der Waals surface area (Å²) >= 11 is 0. The maximum absolute atomic E-state index is 12.2. The van der Waals surface area contributed by atoms with E-state index in [2.05, 4.69) is 25.8 Å². The van der Waals surface area contributed by atoms with E-state index in [1.165, 1.54) is 0 Å². The van der Waals surface area contributed by atoms with Gasteiger partial charge in [-0.05, 0) is 32.5 Å². The van der Waals surface area contributed by atoms with Crippen LogP contribution in [0.3, 0.4) is 0 Å². The molecule has 0 saturated carbocycles. The highest BCUT2D eigenvalue weighted by Crippen LogP contribution is 2.17. The number of carbonyl (C=O) groups is 2. The van der Waals surface area contributed by atoms with Crippen molar-refractivity contribution in [3.63, 3.8) is 0 Å². The van der Waals surface area contributed by atoms with Crippen LogP contribution in [0.5, 0.6) is 0 Å². The van der Waals surface area contributed by atoms with Gasteiger partial charge in [-0.3, -0.25) is 19.5 Å². The highest BCUT2D eigenvalue weighted by Gasteiger charge is 2.34. The zero-order valence-corrected chi connectivity index (χ0v) is 15.5. The fourth-order valence-corrected chi connectivity index (χ4v) is 3.19. The van der Waals surface area contributed by atoms with E-state index >= 15 is 0 Å². The van der Waals surface area contributed by atoms with Gasteiger partial charge >= 0.3 is 0 Å². The lowest BCUT2D eigenvalue weighted by molar-refractivity contribution is -0.125. The van der Waals surface area contributed by atoms with E-state index in [-0.39, 0.29) is 30.3 Å². The van der Waals surface area contributed by atoms with Crippen LogP contribution in [0, 0.1) is 0 Å². The molecule has 0 aromatic carbocycles. The number of nitrogens with zero attached hydrogens (tertiary/aromatic N) is 4. The highest BCUT2D eigenvalue weighted by atomic mass is 16.5. The fourth-order valence-electron chi connectivity index (χ4n) is 3.19. The van der Waals surface area contributed by atoms with Crippen molar-refractivity contribution in [1.82, 2.24) is 30.7 Å². The Labute approximate surface area is 157 Å². The van der Waals surface area contributed by atoms with Gasteiger partial charge in [0.25, 0.3) is 0 Å². The number of hydrogen-bond acceptors (Lipinski definition) is 7. The number of carbonyl (C=O) groups excluding carboxylic acids is 2. The summed E-state index contributed by atoms with van der Waals surface area (Å²) in [7, 11) is 1.89. The summed E-state index contributed by atoms with van der Waals surface area (Å²) in [5.74, 6) is 0.782. The molecule has 1 aliphatic heterocycles. The van der Waals surface area contributed by atoms with E-state index in [9.17, 15) is 9.59 Å². The molecule has 144 valence electrons. The lowest BCUT2D eigenvalue weighted by Crippen LogP contribution is -2.41. The number of rotatable bonds is 7. The van der Waals surface area contributed by atoms with Crippen LogP contribution in [-0.2, 0) is 16.0 Å². The summed E-state index contributed by atoms with van der Waals surface area (Å²) in [6.07, 6.45) is 4.55. The largest absolute Gasteiger partial charge is 0.355 e. The number of pyridine rings is 1. The summed E-state index contributed by atoms with van der Waals surface area (Å²) in [5, 5.41) is 9.73. The van der Waals surface area contributed by atoms with Gasteiger partial charge in [-0.2, -0.15) is 4.98 Å². The number of likely N-dealkylation sites (tertiary alicyclic amines) is 1. The Hall–Kier alpha value is -2.81. The minimum Gasteiger partial charge on any atom is -0.355 e. The van der Waals surface area contributed by atoms with E-state index in [4.69, 9.17) is 4.52 Å². The van der Waals surface area contributed by atoms with Crippen LogP contribution in [0.1, 0.15) is 25.7 Å². The van der Waals surface area contributed by atoms with Crippen molar-refractivity contribution in [1.29, 1.82) is 0 Å². The first-order chi connectivity index (χ1) is 13.1. The molecule has 9 heteroatoms. The van der Waals surface area contributed by atoms with Gasteiger partial charge in [-0.25, -0.2) is 0 Å². The number of nitrogens with one attached hydrogen (secondary N) is 2. The van der Waals surface area contributed by atoms with Crippen molar-refractivity contribution in [3.8, 4) is 11.4 Å². The molecule has 2 amide bonds. The summed E-state index contributed by atoms with van der Waals surface area (Å²) in [4.78, 5) is 34.5. The molecule has 2 atom stereocenters. The lowest BCUT2D eigenvalue weighted by atomic mass is 10.1. The average molecular weight is 372 g/mol. The number of aromatic nitrogens is 3. The molecule has 0 spiro atoms. The summed E-state index contributed by atoms with van der Waals surface area (Å²) in [6.45, 7) is 3.15. The van der Waals surface area contributed by atoms with Gasteiger partial charge in [0.1, 0.15) is 0 Å². The van der Waals surface area contributed by atoms with Gasteiger partial charge in [-0.15, -0.1) is 0 Å². The first-order valence-electron chi connectivity index (χ1n) is 9.07. The van der Waals surface area contributed by atoms with E-state index in [0.29, 0.717) is 37.6 Å². The van der Waals surface area contributed by atoms with Crippen molar-refractivity contribution in [2.24, 2.45) is 0 Å². The normalized spacial score (nSPS) is 19.8. The highest BCUT2D eigenvalue weighted by molar-refractivity contribution is 5.82. The minimum atomic E-state index is -0.201. The van der Waals surface area contributed by atoms with Gasteiger partial charge in [-0.1, -0.05) is 5.16 Å². The molecule has 27 heavy (non-hydrogen) atoms. The summed E-state index contributed by atoms with van der Waals surface area (Å²) in [5.41, 5.74) is 0.766. The molecule has 1 saturated heterocycles. The van der Waals surface area contributed by atoms with Crippen LogP contribution in [0.15, 0.2) is 29.0 Å². The van der Waals surface area contributed by atoms with Gasteiger partial charge < -0.3 is 15.2 Å². The molecule has 0 aliphatic carbocycles. The summed E-state index contributed by atoms with van der Waals surface area (Å²) in [6, 6.07) is 3.40. The number of hydrogen-bond donors (Lipinski definition) is 2. The molecular formula is C18H24N6O3. The van der Waals surface area contributed by atoms with Crippen molar-refractivity contribution in [3.05, 3.63) is 30.4 Å². The van der Waals surface area contributed by atoms with Crippen molar-refractivity contribution in [2.75, 3.05) is 20.1 Å². The number of likely N-dealkylation sites (N-methyl/N-ethyl adjacent to an activating group) is 2. The zero-order valence-electron chi connectivity index (χ0n) is 15.5. The smallest absolute Gasteiger partial charge is 0.237 e. The van der Waals surface area contributed by atoms with Gasteiger partial charge in [0.2, 0.25) is 23.5 Å². The van der Waals surface area contributed by atoms with Gasteiger partial charge in [0.05, 0.1) is 6.04 Å². The molecule has 0 radical (unpaired) electrons. The van der Waals surface area contributed by atoms with Crippen LogP contribution < -0.4 is 10.6 Å². The van der Waals surface area contributed by atoms with E-state index in [1.807, 2.05) is 24.9 Å². The van der Waals surface area contributed by atoms with Crippen molar-refractivity contribution >= 4 is 11.8 Å². The zero-order chi connectivity index (χ0) is 19.2. The number of amides is 2. The average Bonchev–Trinajstić information content (AvgIpc) is 3.28. The summed E-state index contributed by atoms with van der Waals surface area (Å²) < 4.78 is 5.20. The Kier molecular flexibility index (Phi) is 6.12. The predicted molar refractivity (Wildman–Crippen MR) is 97.5 cm³/mol. The Balaban J connectivity index is 1.47. The third-order valence-corrected chi connectivity index (χ3v) is 4.52. The fraction of sp³-hybridized carbons (Fsp3) is 0.500.